The monoisotopic (exact) mass is 222 g/mol. The smallest absolute Gasteiger partial charge is 0.186 e. The van der Waals surface area contributed by atoms with E-state index >= 15 is 0 Å². The summed E-state index contributed by atoms with van der Waals surface area (Å²) in [4.78, 5) is 17.2. The highest BCUT2D eigenvalue weighted by molar-refractivity contribution is 7.17. The number of aldehydes is 1. The Morgan fingerprint density at radius 3 is 3.13 bits per heavy atom. The zero-order chi connectivity index (χ0) is 10.7. The Labute approximate surface area is 91.2 Å². The highest BCUT2D eigenvalue weighted by Crippen LogP contribution is 2.21. The molecule has 0 aliphatic heterocycles. The second kappa shape index (κ2) is 4.27. The number of furan rings is 1. The van der Waals surface area contributed by atoms with E-state index in [0.29, 0.717) is 11.4 Å². The molecule has 0 amide bonds. The maximum Gasteiger partial charge on any atom is 0.186 e. The molecule has 0 fully saturated rings. The fraction of sp³-hybridized carbons (Fsp3) is 0.200. The predicted molar refractivity (Wildman–Crippen MR) is 58.3 cm³/mol. The standard InChI is InChI=1S/C10H10N2O2S/c1-12(6-8-3-2-4-14-8)10-11-5-9(7-13)15-10/h2-5,7H,6H2,1H3. The van der Waals surface area contributed by atoms with Gasteiger partial charge in [0.2, 0.25) is 0 Å². The minimum absolute atomic E-state index is 0.635. The second-order valence-electron chi connectivity index (χ2n) is 3.10. The van der Waals surface area contributed by atoms with E-state index in [1.54, 1.807) is 12.5 Å². The Hall–Kier alpha value is -1.62. The SMILES string of the molecule is CN(Cc1ccco1)c1ncc(C=O)s1. The average Bonchev–Trinajstić information content (AvgIpc) is 2.86. The molecule has 0 unspecified atom stereocenters. The number of anilines is 1. The van der Waals surface area contributed by atoms with Crippen LogP contribution in [-0.2, 0) is 6.54 Å². The van der Waals surface area contributed by atoms with Crippen molar-refractivity contribution in [3.05, 3.63) is 35.2 Å². The summed E-state index contributed by atoms with van der Waals surface area (Å²) < 4.78 is 5.22. The quantitative estimate of drug-likeness (QED) is 0.744. The van der Waals surface area contributed by atoms with Crippen LogP contribution in [-0.4, -0.2) is 18.3 Å². The summed E-state index contributed by atoms with van der Waals surface area (Å²) in [7, 11) is 1.91. The lowest BCUT2D eigenvalue weighted by atomic mass is 10.4. The minimum Gasteiger partial charge on any atom is -0.467 e. The van der Waals surface area contributed by atoms with Crippen molar-refractivity contribution >= 4 is 22.8 Å². The first-order valence-corrected chi connectivity index (χ1v) is 5.26. The van der Waals surface area contributed by atoms with Gasteiger partial charge in [0.1, 0.15) is 5.76 Å². The van der Waals surface area contributed by atoms with E-state index in [0.717, 1.165) is 17.2 Å². The molecular formula is C10H10N2O2S. The van der Waals surface area contributed by atoms with E-state index < -0.39 is 0 Å². The van der Waals surface area contributed by atoms with Crippen LogP contribution < -0.4 is 4.90 Å². The first-order valence-electron chi connectivity index (χ1n) is 4.44. The highest BCUT2D eigenvalue weighted by Gasteiger charge is 2.08. The third kappa shape index (κ3) is 2.24. The third-order valence-electron chi connectivity index (χ3n) is 1.93. The summed E-state index contributed by atoms with van der Waals surface area (Å²) in [5.41, 5.74) is 0. The predicted octanol–water partition coefficient (Wildman–Crippen LogP) is 2.18. The van der Waals surface area contributed by atoms with Crippen LogP contribution in [0.3, 0.4) is 0 Å². The van der Waals surface area contributed by atoms with Crippen molar-refractivity contribution in [2.45, 2.75) is 6.54 Å². The number of aromatic nitrogens is 1. The van der Waals surface area contributed by atoms with Gasteiger partial charge < -0.3 is 9.32 Å². The van der Waals surface area contributed by atoms with Crippen LogP contribution in [0.2, 0.25) is 0 Å². The molecular weight excluding hydrogens is 212 g/mol. The lowest BCUT2D eigenvalue weighted by molar-refractivity contribution is 0.112. The molecule has 0 spiro atoms. The molecule has 0 bridgehead atoms. The lowest BCUT2D eigenvalue weighted by Crippen LogP contribution is -2.15. The molecule has 0 radical (unpaired) electrons. The summed E-state index contributed by atoms with van der Waals surface area (Å²) >= 11 is 1.37. The third-order valence-corrected chi connectivity index (χ3v) is 2.96. The van der Waals surface area contributed by atoms with Gasteiger partial charge in [-0.25, -0.2) is 4.98 Å². The molecule has 0 aliphatic carbocycles. The normalized spacial score (nSPS) is 10.2. The molecule has 2 aromatic rings. The Kier molecular flexibility index (Phi) is 2.82. The molecule has 2 aromatic heterocycles. The summed E-state index contributed by atoms with van der Waals surface area (Å²) in [6, 6.07) is 3.76. The van der Waals surface area contributed by atoms with Gasteiger partial charge in [-0.15, -0.1) is 0 Å². The first kappa shape index (κ1) is 9.92. The maximum atomic E-state index is 10.5. The molecule has 2 rings (SSSR count). The van der Waals surface area contributed by atoms with Crippen molar-refractivity contribution in [3.8, 4) is 0 Å². The summed E-state index contributed by atoms with van der Waals surface area (Å²) in [5.74, 6) is 0.875. The largest absolute Gasteiger partial charge is 0.467 e. The van der Waals surface area contributed by atoms with Crippen LogP contribution in [0.4, 0.5) is 5.13 Å². The number of thiazole rings is 1. The maximum absolute atomic E-state index is 10.5. The van der Waals surface area contributed by atoms with Gasteiger partial charge in [0.15, 0.2) is 11.4 Å². The minimum atomic E-state index is 0.635. The van der Waals surface area contributed by atoms with Gasteiger partial charge in [0.05, 0.1) is 23.9 Å². The highest BCUT2D eigenvalue weighted by atomic mass is 32.1. The average molecular weight is 222 g/mol. The fourth-order valence-electron chi connectivity index (χ4n) is 1.21. The number of carbonyl (C=O) groups is 1. The first-order chi connectivity index (χ1) is 7.29. The number of hydrogen-bond acceptors (Lipinski definition) is 5. The van der Waals surface area contributed by atoms with Gasteiger partial charge in [0.25, 0.3) is 0 Å². The molecule has 0 atom stereocenters. The van der Waals surface area contributed by atoms with Crippen molar-refractivity contribution < 1.29 is 9.21 Å². The Balaban J connectivity index is 2.07. The molecule has 5 heteroatoms. The van der Waals surface area contributed by atoms with Crippen molar-refractivity contribution in [2.75, 3.05) is 11.9 Å². The van der Waals surface area contributed by atoms with E-state index in [1.807, 2.05) is 24.1 Å². The summed E-state index contributed by atoms with van der Waals surface area (Å²) in [6.45, 7) is 0.652. The Bertz CT molecular complexity index is 436. The summed E-state index contributed by atoms with van der Waals surface area (Å²) in [5, 5.41) is 0.813. The second-order valence-corrected chi connectivity index (χ2v) is 4.14. The topological polar surface area (TPSA) is 46.3 Å². The molecule has 2 heterocycles. The summed E-state index contributed by atoms with van der Waals surface area (Å²) in [6.07, 6.45) is 4.02. The fourth-order valence-corrected chi connectivity index (χ4v) is 1.90. The number of hydrogen-bond donors (Lipinski definition) is 0. The molecule has 4 nitrogen and oxygen atoms in total. The van der Waals surface area contributed by atoms with Crippen LogP contribution in [0.1, 0.15) is 15.4 Å². The van der Waals surface area contributed by atoms with Crippen LogP contribution in [0, 0.1) is 0 Å². The van der Waals surface area contributed by atoms with Crippen molar-refractivity contribution in [1.82, 2.24) is 4.98 Å². The molecule has 15 heavy (non-hydrogen) atoms. The zero-order valence-electron chi connectivity index (χ0n) is 8.21. The number of nitrogens with zero attached hydrogens (tertiary/aromatic N) is 2. The van der Waals surface area contributed by atoms with Gasteiger partial charge in [-0.2, -0.15) is 0 Å². The van der Waals surface area contributed by atoms with Crippen molar-refractivity contribution in [2.24, 2.45) is 0 Å². The molecule has 0 aromatic carbocycles. The van der Waals surface area contributed by atoms with E-state index in [1.165, 1.54) is 11.3 Å². The molecule has 0 saturated heterocycles. The van der Waals surface area contributed by atoms with Gasteiger partial charge >= 0.3 is 0 Å². The van der Waals surface area contributed by atoms with E-state index in [4.69, 9.17) is 4.42 Å². The Morgan fingerprint density at radius 1 is 1.67 bits per heavy atom. The van der Waals surface area contributed by atoms with E-state index in [2.05, 4.69) is 4.98 Å². The van der Waals surface area contributed by atoms with Crippen molar-refractivity contribution in [3.63, 3.8) is 0 Å². The van der Waals surface area contributed by atoms with Gasteiger partial charge in [-0.05, 0) is 12.1 Å². The zero-order valence-corrected chi connectivity index (χ0v) is 9.03. The van der Waals surface area contributed by atoms with Gasteiger partial charge in [0, 0.05) is 7.05 Å². The van der Waals surface area contributed by atoms with E-state index in [9.17, 15) is 4.79 Å². The van der Waals surface area contributed by atoms with Gasteiger partial charge in [-0.1, -0.05) is 11.3 Å². The molecule has 0 N–H and O–H groups in total. The van der Waals surface area contributed by atoms with Crippen LogP contribution in [0.25, 0.3) is 0 Å². The number of rotatable bonds is 4. The lowest BCUT2D eigenvalue weighted by Gasteiger charge is -2.13. The van der Waals surface area contributed by atoms with Gasteiger partial charge in [-0.3, -0.25) is 4.79 Å². The molecule has 0 aliphatic rings. The van der Waals surface area contributed by atoms with Crippen molar-refractivity contribution in [1.29, 1.82) is 0 Å². The Morgan fingerprint density at radius 2 is 2.53 bits per heavy atom. The molecule has 0 saturated carbocycles. The number of carbonyl (C=O) groups excluding carboxylic acids is 1. The van der Waals surface area contributed by atoms with Crippen LogP contribution in [0.15, 0.2) is 29.0 Å². The molecule has 78 valence electrons. The van der Waals surface area contributed by atoms with E-state index in [-0.39, 0.29) is 0 Å². The van der Waals surface area contributed by atoms with Crippen LogP contribution in [0.5, 0.6) is 0 Å². The van der Waals surface area contributed by atoms with Crippen LogP contribution >= 0.6 is 11.3 Å².